The van der Waals surface area contributed by atoms with E-state index in [1.807, 2.05) is 0 Å². The van der Waals surface area contributed by atoms with E-state index in [1.165, 1.54) is 4.90 Å². The number of carbonyl (C=O) groups excluding carboxylic acids is 1. The molecule has 0 unspecified atom stereocenters. The average molecular weight is 264 g/mol. The Morgan fingerprint density at radius 1 is 1.37 bits per heavy atom. The van der Waals surface area contributed by atoms with Crippen LogP contribution in [0, 0.1) is 0 Å². The van der Waals surface area contributed by atoms with Crippen molar-refractivity contribution in [3.05, 3.63) is 17.8 Å². The number of anilines is 1. The van der Waals surface area contributed by atoms with Crippen molar-refractivity contribution in [1.29, 1.82) is 0 Å². The molecule has 0 atom stereocenters. The van der Waals surface area contributed by atoms with E-state index in [9.17, 15) is 9.90 Å². The van der Waals surface area contributed by atoms with E-state index in [2.05, 4.69) is 15.5 Å². The Kier molecular flexibility index (Phi) is 3.99. The molecule has 0 aliphatic heterocycles. The van der Waals surface area contributed by atoms with Crippen LogP contribution in [-0.2, 0) is 0 Å². The summed E-state index contributed by atoms with van der Waals surface area (Å²) >= 11 is 0. The lowest BCUT2D eigenvalue weighted by Crippen LogP contribution is -2.39. The molecule has 1 aliphatic carbocycles. The summed E-state index contributed by atoms with van der Waals surface area (Å²) in [4.78, 5) is 13.1. The molecule has 0 saturated heterocycles. The summed E-state index contributed by atoms with van der Waals surface area (Å²) in [6, 6.07) is 3.39. The molecule has 19 heavy (non-hydrogen) atoms. The smallest absolute Gasteiger partial charge is 0.273 e. The van der Waals surface area contributed by atoms with Crippen LogP contribution in [0.4, 0.5) is 5.82 Å². The molecule has 1 aromatic rings. The van der Waals surface area contributed by atoms with E-state index >= 15 is 0 Å². The number of nitrogens with zero attached hydrogens (tertiary/aromatic N) is 3. The highest BCUT2D eigenvalue weighted by Gasteiger charge is 2.33. The second-order valence-corrected chi connectivity index (χ2v) is 5.27. The van der Waals surface area contributed by atoms with Crippen LogP contribution in [0.3, 0.4) is 0 Å². The van der Waals surface area contributed by atoms with Crippen molar-refractivity contribution in [2.75, 3.05) is 26.0 Å². The zero-order chi connectivity index (χ0) is 13.9. The molecule has 1 amide bonds. The number of aliphatic hydroxyl groups is 1. The largest absolute Gasteiger partial charge is 0.394 e. The third-order valence-corrected chi connectivity index (χ3v) is 3.55. The van der Waals surface area contributed by atoms with Gasteiger partial charge in [0.25, 0.3) is 5.91 Å². The van der Waals surface area contributed by atoms with Gasteiger partial charge in [0.2, 0.25) is 0 Å². The minimum absolute atomic E-state index is 0.0903. The Morgan fingerprint density at radius 2 is 2.05 bits per heavy atom. The van der Waals surface area contributed by atoms with Gasteiger partial charge in [-0.05, 0) is 25.0 Å². The molecule has 0 radical (unpaired) electrons. The number of rotatable bonds is 4. The third kappa shape index (κ3) is 3.01. The topological polar surface area (TPSA) is 78.4 Å². The number of amides is 1. The zero-order valence-corrected chi connectivity index (χ0v) is 11.4. The predicted molar refractivity (Wildman–Crippen MR) is 72.0 cm³/mol. The quantitative estimate of drug-likeness (QED) is 0.844. The van der Waals surface area contributed by atoms with Crippen LogP contribution in [0.2, 0.25) is 0 Å². The molecule has 104 valence electrons. The van der Waals surface area contributed by atoms with Crippen molar-refractivity contribution in [2.24, 2.45) is 0 Å². The van der Waals surface area contributed by atoms with Crippen molar-refractivity contribution >= 4 is 11.7 Å². The van der Waals surface area contributed by atoms with E-state index in [-0.39, 0.29) is 18.1 Å². The molecule has 6 heteroatoms. The molecule has 1 fully saturated rings. The minimum Gasteiger partial charge on any atom is -0.394 e. The van der Waals surface area contributed by atoms with Crippen LogP contribution < -0.4 is 5.32 Å². The predicted octanol–water partition coefficient (Wildman–Crippen LogP) is 0.895. The van der Waals surface area contributed by atoms with Gasteiger partial charge in [-0.2, -0.15) is 0 Å². The first-order valence-corrected chi connectivity index (χ1v) is 6.51. The van der Waals surface area contributed by atoms with Gasteiger partial charge in [-0.15, -0.1) is 10.2 Å². The summed E-state index contributed by atoms with van der Waals surface area (Å²) in [7, 11) is 3.35. The lowest BCUT2D eigenvalue weighted by Gasteiger charge is -2.28. The third-order valence-electron chi connectivity index (χ3n) is 3.55. The molecule has 2 N–H and O–H groups in total. The highest BCUT2D eigenvalue weighted by molar-refractivity contribution is 5.91. The first-order valence-electron chi connectivity index (χ1n) is 6.51. The normalized spacial score (nSPS) is 17.2. The van der Waals surface area contributed by atoms with Gasteiger partial charge >= 0.3 is 0 Å². The van der Waals surface area contributed by atoms with E-state index in [0.29, 0.717) is 11.5 Å². The minimum atomic E-state index is -0.276. The van der Waals surface area contributed by atoms with Gasteiger partial charge in [0.1, 0.15) is 5.82 Å². The van der Waals surface area contributed by atoms with Crippen molar-refractivity contribution in [2.45, 2.75) is 31.2 Å². The van der Waals surface area contributed by atoms with Gasteiger partial charge in [-0.1, -0.05) is 12.8 Å². The van der Waals surface area contributed by atoms with E-state index in [0.717, 1.165) is 25.7 Å². The Labute approximate surface area is 112 Å². The molecule has 2 rings (SSSR count). The fourth-order valence-corrected chi connectivity index (χ4v) is 2.39. The van der Waals surface area contributed by atoms with E-state index in [4.69, 9.17) is 0 Å². The summed E-state index contributed by atoms with van der Waals surface area (Å²) in [5.41, 5.74) is 0.0434. The maximum Gasteiger partial charge on any atom is 0.273 e. The van der Waals surface area contributed by atoms with Crippen LogP contribution in [0.25, 0.3) is 0 Å². The SMILES string of the molecule is CN(C)C(=O)c1ccc(NC2(CO)CCCC2)nn1. The van der Waals surface area contributed by atoms with E-state index in [1.54, 1.807) is 26.2 Å². The highest BCUT2D eigenvalue weighted by atomic mass is 16.3. The molecule has 6 nitrogen and oxygen atoms in total. The Balaban J connectivity index is 2.08. The average Bonchev–Trinajstić information content (AvgIpc) is 2.88. The Bertz CT molecular complexity index is 438. The lowest BCUT2D eigenvalue weighted by molar-refractivity contribution is 0.0821. The van der Waals surface area contributed by atoms with Gasteiger partial charge in [0, 0.05) is 14.1 Å². The molecule has 1 heterocycles. The van der Waals surface area contributed by atoms with E-state index < -0.39 is 0 Å². The van der Waals surface area contributed by atoms with Crippen molar-refractivity contribution in [3.63, 3.8) is 0 Å². The fraction of sp³-hybridized carbons (Fsp3) is 0.615. The molecule has 0 bridgehead atoms. The molecule has 0 spiro atoms. The molecule has 1 saturated carbocycles. The monoisotopic (exact) mass is 264 g/mol. The first-order chi connectivity index (χ1) is 9.06. The summed E-state index contributed by atoms with van der Waals surface area (Å²) in [5, 5.41) is 20.7. The molecule has 1 aromatic heterocycles. The van der Waals surface area contributed by atoms with Gasteiger partial charge in [-0.25, -0.2) is 0 Å². The number of nitrogens with one attached hydrogen (secondary N) is 1. The Hall–Kier alpha value is -1.69. The standard InChI is InChI=1S/C13H20N4O2/c1-17(2)12(19)10-5-6-11(16-15-10)14-13(9-18)7-3-4-8-13/h5-6,18H,3-4,7-9H2,1-2H3,(H,14,16). The van der Waals surface area contributed by atoms with Crippen molar-refractivity contribution in [3.8, 4) is 0 Å². The number of aromatic nitrogens is 2. The number of hydrogen-bond acceptors (Lipinski definition) is 5. The van der Waals surface area contributed by atoms with Crippen LogP contribution in [-0.4, -0.2) is 52.4 Å². The highest BCUT2D eigenvalue weighted by Crippen LogP contribution is 2.32. The van der Waals surface area contributed by atoms with Crippen LogP contribution in [0.15, 0.2) is 12.1 Å². The van der Waals surface area contributed by atoms with Gasteiger partial charge < -0.3 is 15.3 Å². The number of aliphatic hydroxyl groups excluding tert-OH is 1. The maximum absolute atomic E-state index is 11.7. The van der Waals surface area contributed by atoms with Crippen LogP contribution in [0.5, 0.6) is 0 Å². The van der Waals surface area contributed by atoms with Crippen LogP contribution >= 0.6 is 0 Å². The zero-order valence-electron chi connectivity index (χ0n) is 11.4. The summed E-state index contributed by atoms with van der Waals surface area (Å²) in [6.07, 6.45) is 4.09. The summed E-state index contributed by atoms with van der Waals surface area (Å²) in [5.74, 6) is 0.433. The second-order valence-electron chi connectivity index (χ2n) is 5.27. The van der Waals surface area contributed by atoms with Crippen molar-refractivity contribution < 1.29 is 9.90 Å². The molecule has 0 aromatic carbocycles. The van der Waals surface area contributed by atoms with Gasteiger partial charge in [-0.3, -0.25) is 4.79 Å². The lowest BCUT2D eigenvalue weighted by atomic mass is 9.99. The van der Waals surface area contributed by atoms with Crippen LogP contribution in [0.1, 0.15) is 36.2 Å². The molecule has 1 aliphatic rings. The second kappa shape index (κ2) is 5.52. The molecular formula is C13H20N4O2. The first kappa shape index (κ1) is 13.7. The van der Waals surface area contributed by atoms with Crippen molar-refractivity contribution in [1.82, 2.24) is 15.1 Å². The Morgan fingerprint density at radius 3 is 2.53 bits per heavy atom. The maximum atomic E-state index is 11.7. The van der Waals surface area contributed by atoms with Gasteiger partial charge in [0.05, 0.1) is 12.1 Å². The number of carbonyl (C=O) groups is 1. The number of hydrogen-bond donors (Lipinski definition) is 2. The molecular weight excluding hydrogens is 244 g/mol. The van der Waals surface area contributed by atoms with Gasteiger partial charge in [0.15, 0.2) is 5.69 Å². The summed E-state index contributed by atoms with van der Waals surface area (Å²) in [6.45, 7) is 0.0903. The fourth-order valence-electron chi connectivity index (χ4n) is 2.39. The summed E-state index contributed by atoms with van der Waals surface area (Å²) < 4.78 is 0.